The van der Waals surface area contributed by atoms with E-state index in [4.69, 9.17) is 4.74 Å². The maximum Gasteiger partial charge on any atom is 0.255 e. The molecule has 1 amide bonds. The second-order valence-corrected chi connectivity index (χ2v) is 6.51. The number of ether oxygens (including phenoxy) is 1. The van der Waals surface area contributed by atoms with Crippen molar-refractivity contribution in [3.05, 3.63) is 54.5 Å². The van der Waals surface area contributed by atoms with Crippen LogP contribution in [0.1, 0.15) is 16.8 Å². The van der Waals surface area contributed by atoms with Crippen molar-refractivity contribution in [2.75, 3.05) is 37.7 Å². The number of nitrogens with zero attached hydrogens (tertiary/aromatic N) is 4. The molecule has 140 valence electrons. The second-order valence-electron chi connectivity index (χ2n) is 6.51. The minimum atomic E-state index is -0.0833. The molecule has 1 N–H and O–H groups in total. The summed E-state index contributed by atoms with van der Waals surface area (Å²) in [6, 6.07) is 11.7. The molecule has 0 aliphatic carbocycles. The van der Waals surface area contributed by atoms with Crippen LogP contribution in [0.25, 0.3) is 11.0 Å². The molecule has 2 aromatic heterocycles. The molecule has 4 rings (SSSR count). The summed E-state index contributed by atoms with van der Waals surface area (Å²) < 4.78 is 7.51. The summed E-state index contributed by atoms with van der Waals surface area (Å²) in [4.78, 5) is 23.6. The normalized spacial score (nSPS) is 14.4. The number of carbonyl (C=O) groups excluding carboxylic acids is 1. The van der Waals surface area contributed by atoms with Gasteiger partial charge in [-0.05, 0) is 30.7 Å². The van der Waals surface area contributed by atoms with E-state index in [1.165, 1.54) is 0 Å². The molecule has 1 aliphatic heterocycles. The van der Waals surface area contributed by atoms with Gasteiger partial charge in [-0.2, -0.15) is 0 Å². The first-order valence-electron chi connectivity index (χ1n) is 9.29. The average Bonchev–Trinajstić information content (AvgIpc) is 3.15. The summed E-state index contributed by atoms with van der Waals surface area (Å²) in [5.41, 5.74) is 2.73. The van der Waals surface area contributed by atoms with E-state index in [0.29, 0.717) is 25.3 Å². The molecule has 0 saturated carbocycles. The third-order valence-electron chi connectivity index (χ3n) is 4.73. The molecule has 0 atom stereocenters. The zero-order valence-electron chi connectivity index (χ0n) is 15.2. The summed E-state index contributed by atoms with van der Waals surface area (Å²) in [5.74, 6) is 0.652. The van der Waals surface area contributed by atoms with Crippen LogP contribution in [0.3, 0.4) is 0 Å². The summed E-state index contributed by atoms with van der Waals surface area (Å²) in [5, 5.41) is 3.02. The van der Waals surface area contributed by atoms with E-state index in [0.717, 1.165) is 42.9 Å². The van der Waals surface area contributed by atoms with Gasteiger partial charge < -0.3 is 19.5 Å². The maximum atomic E-state index is 12.7. The molecule has 1 aromatic carbocycles. The molecule has 0 bridgehead atoms. The lowest BCUT2D eigenvalue weighted by Crippen LogP contribution is -2.38. The molecular weight excluding hydrogens is 342 g/mol. The first-order chi connectivity index (χ1) is 13.3. The summed E-state index contributed by atoms with van der Waals surface area (Å²) in [6.07, 6.45) is 4.41. The third-order valence-corrected chi connectivity index (χ3v) is 4.73. The number of rotatable bonds is 6. The number of para-hydroxylation sites is 2. The first-order valence-corrected chi connectivity index (χ1v) is 9.29. The minimum absolute atomic E-state index is 0.0833. The molecule has 0 radical (unpaired) electrons. The predicted molar refractivity (Wildman–Crippen MR) is 104 cm³/mol. The van der Waals surface area contributed by atoms with Crippen LogP contribution < -0.4 is 10.2 Å². The Labute approximate surface area is 158 Å². The molecule has 7 heteroatoms. The molecule has 1 aliphatic rings. The Morgan fingerprint density at radius 2 is 1.96 bits per heavy atom. The molecule has 0 unspecified atom stereocenters. The number of anilines is 1. The molecule has 0 spiro atoms. The highest BCUT2D eigenvalue weighted by atomic mass is 16.5. The van der Waals surface area contributed by atoms with Gasteiger partial charge in [-0.1, -0.05) is 12.1 Å². The number of hydrogen-bond acceptors (Lipinski definition) is 5. The highest BCUT2D eigenvalue weighted by Gasteiger charge is 2.19. The van der Waals surface area contributed by atoms with Gasteiger partial charge in [-0.15, -0.1) is 0 Å². The van der Waals surface area contributed by atoms with E-state index in [-0.39, 0.29) is 5.91 Å². The molecule has 27 heavy (non-hydrogen) atoms. The number of morpholine rings is 1. The molecule has 7 nitrogen and oxygen atoms in total. The second kappa shape index (κ2) is 8.18. The fourth-order valence-electron chi connectivity index (χ4n) is 3.34. The van der Waals surface area contributed by atoms with Crippen molar-refractivity contribution in [2.45, 2.75) is 13.0 Å². The number of aryl methyl sites for hydroxylation is 1. The Kier molecular flexibility index (Phi) is 5.29. The van der Waals surface area contributed by atoms with Gasteiger partial charge in [0.2, 0.25) is 0 Å². The number of amides is 1. The van der Waals surface area contributed by atoms with Crippen LogP contribution in [0.2, 0.25) is 0 Å². The van der Waals surface area contributed by atoms with Crippen LogP contribution in [0.5, 0.6) is 0 Å². The number of aromatic nitrogens is 3. The van der Waals surface area contributed by atoms with Gasteiger partial charge >= 0.3 is 0 Å². The standard InChI is InChI=1S/C20H23N5O2/c26-20(16-5-3-8-21-19(16)24-11-13-27-14-12-24)22-9-4-10-25-15-23-17-6-1-2-7-18(17)25/h1-3,5-8,15H,4,9-14H2,(H,22,26). The third kappa shape index (κ3) is 3.93. The largest absolute Gasteiger partial charge is 0.378 e. The highest BCUT2D eigenvalue weighted by molar-refractivity contribution is 5.98. The first kappa shape index (κ1) is 17.5. The average molecular weight is 365 g/mol. The van der Waals surface area contributed by atoms with Crippen molar-refractivity contribution >= 4 is 22.8 Å². The van der Waals surface area contributed by atoms with Gasteiger partial charge in [0.05, 0.1) is 36.1 Å². The summed E-state index contributed by atoms with van der Waals surface area (Å²) in [7, 11) is 0. The topological polar surface area (TPSA) is 72.3 Å². The SMILES string of the molecule is O=C(NCCCn1cnc2ccccc21)c1cccnc1N1CCOCC1. The maximum absolute atomic E-state index is 12.7. The van der Waals surface area contributed by atoms with E-state index in [9.17, 15) is 4.79 Å². The molecule has 1 fully saturated rings. The van der Waals surface area contributed by atoms with Gasteiger partial charge in [-0.25, -0.2) is 9.97 Å². The van der Waals surface area contributed by atoms with E-state index in [1.54, 1.807) is 12.3 Å². The van der Waals surface area contributed by atoms with Crippen LogP contribution in [-0.4, -0.2) is 53.3 Å². The van der Waals surface area contributed by atoms with Crippen molar-refractivity contribution in [1.82, 2.24) is 19.9 Å². The minimum Gasteiger partial charge on any atom is -0.378 e. The Hall–Kier alpha value is -2.93. The van der Waals surface area contributed by atoms with Gasteiger partial charge in [0.25, 0.3) is 5.91 Å². The number of benzene rings is 1. The Balaban J connectivity index is 1.34. The molecule has 1 saturated heterocycles. The van der Waals surface area contributed by atoms with Crippen molar-refractivity contribution in [1.29, 1.82) is 0 Å². The van der Waals surface area contributed by atoms with Crippen molar-refractivity contribution in [2.24, 2.45) is 0 Å². The zero-order chi connectivity index (χ0) is 18.5. The lowest BCUT2D eigenvalue weighted by Gasteiger charge is -2.29. The van der Waals surface area contributed by atoms with Crippen LogP contribution in [0.15, 0.2) is 48.9 Å². The predicted octanol–water partition coefficient (Wildman–Crippen LogP) is 2.09. The lowest BCUT2D eigenvalue weighted by molar-refractivity contribution is 0.0950. The fourth-order valence-corrected chi connectivity index (χ4v) is 3.34. The van der Waals surface area contributed by atoms with E-state index in [2.05, 4.69) is 30.8 Å². The highest BCUT2D eigenvalue weighted by Crippen LogP contribution is 2.18. The van der Waals surface area contributed by atoms with Gasteiger partial charge in [-0.3, -0.25) is 4.79 Å². The number of nitrogens with one attached hydrogen (secondary N) is 1. The van der Waals surface area contributed by atoms with E-state index < -0.39 is 0 Å². The number of carbonyl (C=O) groups is 1. The number of pyridine rings is 1. The van der Waals surface area contributed by atoms with E-state index >= 15 is 0 Å². The number of imidazole rings is 1. The summed E-state index contributed by atoms with van der Waals surface area (Å²) >= 11 is 0. The van der Waals surface area contributed by atoms with Crippen LogP contribution in [0, 0.1) is 0 Å². The number of hydrogen-bond donors (Lipinski definition) is 1. The smallest absolute Gasteiger partial charge is 0.255 e. The zero-order valence-corrected chi connectivity index (χ0v) is 15.2. The monoisotopic (exact) mass is 365 g/mol. The van der Waals surface area contributed by atoms with Crippen molar-refractivity contribution in [3.8, 4) is 0 Å². The van der Waals surface area contributed by atoms with E-state index in [1.807, 2.05) is 30.6 Å². The number of fused-ring (bicyclic) bond motifs is 1. The fraction of sp³-hybridized carbons (Fsp3) is 0.350. The van der Waals surface area contributed by atoms with Crippen molar-refractivity contribution in [3.63, 3.8) is 0 Å². The molecular formula is C20H23N5O2. The Morgan fingerprint density at radius 1 is 1.11 bits per heavy atom. The Morgan fingerprint density at radius 3 is 2.85 bits per heavy atom. The van der Waals surface area contributed by atoms with Gasteiger partial charge in [0.15, 0.2) is 0 Å². The van der Waals surface area contributed by atoms with Crippen LogP contribution in [-0.2, 0) is 11.3 Å². The molecule has 3 heterocycles. The lowest BCUT2D eigenvalue weighted by atomic mass is 10.2. The van der Waals surface area contributed by atoms with Gasteiger partial charge in [0, 0.05) is 32.4 Å². The van der Waals surface area contributed by atoms with Crippen molar-refractivity contribution < 1.29 is 9.53 Å². The Bertz CT molecular complexity index is 917. The molecule has 3 aromatic rings. The van der Waals surface area contributed by atoms with Crippen LogP contribution in [0.4, 0.5) is 5.82 Å². The summed E-state index contributed by atoms with van der Waals surface area (Å²) in [6.45, 7) is 4.25. The van der Waals surface area contributed by atoms with Crippen LogP contribution >= 0.6 is 0 Å². The van der Waals surface area contributed by atoms with Gasteiger partial charge in [0.1, 0.15) is 5.82 Å². The quantitative estimate of drug-likeness (QED) is 0.677.